The van der Waals surface area contributed by atoms with E-state index in [-0.39, 0.29) is 11.9 Å². The van der Waals surface area contributed by atoms with Gasteiger partial charge in [-0.1, -0.05) is 12.8 Å². The van der Waals surface area contributed by atoms with Crippen LogP contribution in [0.4, 0.5) is 16.2 Å². The van der Waals surface area contributed by atoms with Gasteiger partial charge in [0.05, 0.1) is 0 Å². The van der Waals surface area contributed by atoms with Crippen molar-refractivity contribution >= 4 is 47.0 Å². The molecule has 0 saturated carbocycles. The molecule has 24 heavy (non-hydrogen) atoms. The van der Waals surface area contributed by atoms with Crippen LogP contribution < -0.4 is 15.4 Å². The molecule has 1 aromatic heterocycles. The Bertz CT molecular complexity index is 903. The zero-order chi connectivity index (χ0) is 17.1. The lowest BCUT2D eigenvalue weighted by molar-refractivity contribution is 0.0985. The second kappa shape index (κ2) is 6.67. The van der Waals surface area contributed by atoms with Crippen LogP contribution in [0.5, 0.6) is 0 Å². The van der Waals surface area contributed by atoms with Crippen molar-refractivity contribution in [3.8, 4) is 0 Å². The average Bonchev–Trinajstić information content (AvgIpc) is 2.95. The Hall–Kier alpha value is -2.93. The van der Waals surface area contributed by atoms with Gasteiger partial charge in [-0.05, 0) is 48.5 Å². The maximum atomic E-state index is 12.1. The molecule has 0 aliphatic carbocycles. The molecule has 122 valence electrons. The lowest BCUT2D eigenvalue weighted by atomic mass is 10.2. The van der Waals surface area contributed by atoms with Crippen LogP contribution >= 0.6 is 12.8 Å². The van der Waals surface area contributed by atoms with Gasteiger partial charge in [0.2, 0.25) is 0 Å². The fraction of sp³-hybridized carbons (Fsp3) is 0.0588. The van der Waals surface area contributed by atoms with Gasteiger partial charge in [-0.3, -0.25) is 9.52 Å². The van der Waals surface area contributed by atoms with Crippen molar-refractivity contribution in [1.29, 1.82) is 0 Å². The molecule has 7 heteroatoms. The van der Waals surface area contributed by atoms with Crippen molar-refractivity contribution in [2.75, 3.05) is 10.6 Å². The minimum atomic E-state index is -0.350. The van der Waals surface area contributed by atoms with E-state index in [0.717, 1.165) is 10.9 Å². The molecule has 3 aromatic rings. The summed E-state index contributed by atoms with van der Waals surface area (Å²) in [6.45, 7) is 0. The van der Waals surface area contributed by atoms with E-state index < -0.39 is 0 Å². The topological polar surface area (TPSA) is 75.2 Å². The van der Waals surface area contributed by atoms with E-state index in [4.69, 9.17) is 0 Å². The molecule has 0 spiro atoms. The van der Waals surface area contributed by atoms with Crippen LogP contribution in [0.2, 0.25) is 0 Å². The molecule has 0 aliphatic heterocycles. The van der Waals surface area contributed by atoms with Crippen LogP contribution in [0.25, 0.3) is 10.9 Å². The normalized spacial score (nSPS) is 10.4. The van der Waals surface area contributed by atoms with Gasteiger partial charge in [-0.15, -0.1) is 0 Å². The van der Waals surface area contributed by atoms with Crippen LogP contribution in [0, 0.1) is 0 Å². The van der Waals surface area contributed by atoms with Crippen LogP contribution in [0.15, 0.2) is 54.7 Å². The van der Waals surface area contributed by atoms with Crippen molar-refractivity contribution in [2.45, 2.75) is 0 Å². The first-order valence-corrected chi connectivity index (χ1v) is 7.69. The summed E-state index contributed by atoms with van der Waals surface area (Å²) in [7, 11) is 1.97. The van der Waals surface area contributed by atoms with Crippen LogP contribution in [0.3, 0.4) is 0 Å². The number of amides is 3. The Morgan fingerprint density at radius 3 is 2.33 bits per heavy atom. The predicted molar refractivity (Wildman–Crippen MR) is 98.5 cm³/mol. The number of hydrogen-bond acceptors (Lipinski definition) is 3. The summed E-state index contributed by atoms with van der Waals surface area (Å²) in [6.07, 6.45) is 1.97. The lowest BCUT2D eigenvalue weighted by Gasteiger charge is -2.08. The Labute approximate surface area is 144 Å². The predicted octanol–water partition coefficient (Wildman–Crippen LogP) is 3.40. The van der Waals surface area contributed by atoms with E-state index in [2.05, 4.69) is 28.2 Å². The maximum absolute atomic E-state index is 12.1. The van der Waals surface area contributed by atoms with E-state index in [1.54, 1.807) is 24.3 Å². The lowest BCUT2D eigenvalue weighted by Crippen LogP contribution is -2.19. The minimum Gasteiger partial charge on any atom is -0.351 e. The number of benzene rings is 2. The Morgan fingerprint density at radius 2 is 1.62 bits per heavy atom. The van der Waals surface area contributed by atoms with Crippen molar-refractivity contribution in [3.05, 3.63) is 60.3 Å². The molecule has 3 amide bonds. The summed E-state index contributed by atoms with van der Waals surface area (Å²) in [5.41, 5.74) is 2.85. The zero-order valence-electron chi connectivity index (χ0n) is 12.9. The van der Waals surface area contributed by atoms with Crippen LogP contribution in [0.1, 0.15) is 10.4 Å². The van der Waals surface area contributed by atoms with E-state index in [0.29, 0.717) is 16.9 Å². The summed E-state index contributed by atoms with van der Waals surface area (Å²) in [4.78, 5) is 23.5. The van der Waals surface area contributed by atoms with Gasteiger partial charge < -0.3 is 15.2 Å². The van der Waals surface area contributed by atoms with E-state index in [1.165, 1.54) is 0 Å². The number of carbonyl (C=O) groups excluding carboxylic acids is 2. The highest BCUT2D eigenvalue weighted by molar-refractivity contribution is 7.78. The molecule has 0 bridgehead atoms. The molecule has 0 radical (unpaired) electrons. The first-order chi connectivity index (χ1) is 11.6. The fourth-order valence-corrected chi connectivity index (χ4v) is 2.55. The van der Waals surface area contributed by atoms with Crippen LogP contribution in [-0.2, 0) is 7.05 Å². The quantitative estimate of drug-likeness (QED) is 0.552. The van der Waals surface area contributed by atoms with Gasteiger partial charge >= 0.3 is 6.03 Å². The summed E-state index contributed by atoms with van der Waals surface area (Å²) in [6, 6.07) is 13.9. The highest BCUT2D eigenvalue weighted by Gasteiger charge is 2.06. The zero-order valence-corrected chi connectivity index (χ0v) is 13.8. The molecule has 3 N–H and O–H groups in total. The average molecular weight is 340 g/mol. The number of thiol groups is 1. The van der Waals surface area contributed by atoms with Gasteiger partial charge in [-0.25, -0.2) is 4.79 Å². The number of aromatic nitrogens is 1. The van der Waals surface area contributed by atoms with Crippen LogP contribution in [-0.4, -0.2) is 16.5 Å². The second-order valence-electron chi connectivity index (χ2n) is 5.30. The smallest absolute Gasteiger partial charge is 0.323 e. The molecule has 2 aromatic carbocycles. The highest BCUT2D eigenvalue weighted by Crippen LogP contribution is 2.20. The van der Waals surface area contributed by atoms with Crippen molar-refractivity contribution in [1.82, 2.24) is 9.29 Å². The molecule has 0 aliphatic rings. The number of aryl methyl sites for hydroxylation is 1. The third-order valence-electron chi connectivity index (χ3n) is 3.65. The number of urea groups is 1. The number of rotatable bonds is 3. The molecular weight excluding hydrogens is 324 g/mol. The second-order valence-corrected chi connectivity index (χ2v) is 5.52. The van der Waals surface area contributed by atoms with E-state index in [1.807, 2.05) is 42.1 Å². The Morgan fingerprint density at radius 1 is 0.958 bits per heavy atom. The fourth-order valence-electron chi connectivity index (χ4n) is 2.42. The molecule has 6 nitrogen and oxygen atoms in total. The first-order valence-electron chi connectivity index (χ1n) is 7.24. The molecular formula is C17H16N4O2S. The van der Waals surface area contributed by atoms with Crippen molar-refractivity contribution in [2.24, 2.45) is 7.05 Å². The number of anilines is 2. The third kappa shape index (κ3) is 3.36. The number of carbonyl (C=O) groups is 2. The highest BCUT2D eigenvalue weighted by atomic mass is 32.1. The Kier molecular flexibility index (Phi) is 4.43. The molecule has 0 fully saturated rings. The summed E-state index contributed by atoms with van der Waals surface area (Å²) < 4.78 is 4.26. The summed E-state index contributed by atoms with van der Waals surface area (Å²) in [5.74, 6) is -0.300. The van der Waals surface area contributed by atoms with Gasteiger partial charge in [0.25, 0.3) is 5.91 Å². The Balaban J connectivity index is 1.67. The largest absolute Gasteiger partial charge is 0.351 e. The summed E-state index contributed by atoms with van der Waals surface area (Å²) in [5, 5.41) is 6.56. The minimum absolute atomic E-state index is 0.300. The molecule has 1 heterocycles. The SMILES string of the molecule is Cn1ccc2cc(NC(=O)Nc3ccc(C(=O)NS)cc3)ccc21. The monoisotopic (exact) mass is 340 g/mol. The van der Waals surface area contributed by atoms with E-state index >= 15 is 0 Å². The van der Waals surface area contributed by atoms with Gasteiger partial charge in [0.15, 0.2) is 0 Å². The van der Waals surface area contributed by atoms with Gasteiger partial charge in [0.1, 0.15) is 0 Å². The molecule has 0 saturated heterocycles. The first kappa shape index (κ1) is 15.9. The van der Waals surface area contributed by atoms with Crippen molar-refractivity contribution < 1.29 is 9.59 Å². The van der Waals surface area contributed by atoms with Crippen molar-refractivity contribution in [3.63, 3.8) is 0 Å². The third-order valence-corrected chi connectivity index (χ3v) is 3.85. The molecule has 0 atom stereocenters. The number of fused-ring (bicyclic) bond motifs is 1. The standard InChI is InChI=1S/C17H16N4O2S/c1-21-9-8-12-10-14(6-7-15(12)21)19-17(23)18-13-4-2-11(3-5-13)16(22)20-24/h2-10,24H,1H3,(H,20,22)(H2,18,19,23). The van der Waals surface area contributed by atoms with Gasteiger partial charge in [0, 0.05) is 41.1 Å². The number of nitrogens with one attached hydrogen (secondary N) is 3. The number of hydrogen-bond donors (Lipinski definition) is 4. The van der Waals surface area contributed by atoms with E-state index in [9.17, 15) is 9.59 Å². The molecule has 0 unspecified atom stereocenters. The number of nitrogens with zero attached hydrogens (tertiary/aromatic N) is 1. The van der Waals surface area contributed by atoms with Gasteiger partial charge in [-0.2, -0.15) is 0 Å². The molecule has 3 rings (SSSR count). The maximum Gasteiger partial charge on any atom is 0.323 e. The summed E-state index contributed by atoms with van der Waals surface area (Å²) >= 11 is 3.71.